The first-order valence-electron chi connectivity index (χ1n) is 2.17. The summed E-state index contributed by atoms with van der Waals surface area (Å²) in [5.41, 5.74) is -1.71. The zero-order chi connectivity index (χ0) is 6.85. The van der Waals surface area contributed by atoms with Gasteiger partial charge in [0.15, 0.2) is 0 Å². The maximum atomic E-state index is 12.0. The zero-order valence-corrected chi connectivity index (χ0v) is 6.86. The molecule has 0 saturated carbocycles. The van der Waals surface area contributed by atoms with Crippen LogP contribution in [0, 0.1) is 5.82 Å². The van der Waals surface area contributed by atoms with Gasteiger partial charge in [0.25, 0.3) is 5.56 Å². The summed E-state index contributed by atoms with van der Waals surface area (Å²) in [6.45, 7) is 0. The molecule has 0 amide bonds. The van der Waals surface area contributed by atoms with Crippen LogP contribution in [-0.4, -0.2) is 9.97 Å². The summed E-state index contributed by atoms with van der Waals surface area (Å²) in [5, 5.41) is 0. The van der Waals surface area contributed by atoms with Crippen LogP contribution in [0.4, 0.5) is 4.39 Å². The van der Waals surface area contributed by atoms with E-state index in [1.54, 1.807) is 4.98 Å². The summed E-state index contributed by atoms with van der Waals surface area (Å²) in [5.74, 6) is -0.991. The third-order valence-electron chi connectivity index (χ3n) is 0.774. The van der Waals surface area contributed by atoms with Gasteiger partial charge in [-0.15, -0.1) is 0 Å². The molecule has 58 valence electrons. The maximum absolute atomic E-state index is 12.0. The fourth-order valence-electron chi connectivity index (χ4n) is 0.393. The monoisotopic (exact) mass is 325 g/mol. The second kappa shape index (κ2) is 3.46. The molecule has 0 spiro atoms. The van der Waals surface area contributed by atoms with Crippen molar-refractivity contribution < 1.29 is 25.5 Å². The van der Waals surface area contributed by atoms with Crippen molar-refractivity contribution in [3.8, 4) is 0 Å². The van der Waals surface area contributed by atoms with E-state index in [-0.39, 0.29) is 21.1 Å². The summed E-state index contributed by atoms with van der Waals surface area (Å²) in [4.78, 5) is 24.0. The molecule has 6 heteroatoms. The van der Waals surface area contributed by atoms with E-state index in [2.05, 4.69) is 0 Å². The van der Waals surface area contributed by atoms with Gasteiger partial charge in [-0.05, 0) is 0 Å². The van der Waals surface area contributed by atoms with Crippen LogP contribution >= 0.6 is 0 Å². The number of hydrogen-bond donors (Lipinski definition) is 2. The van der Waals surface area contributed by atoms with E-state index in [9.17, 15) is 14.0 Å². The van der Waals surface area contributed by atoms with Crippen LogP contribution in [0.3, 0.4) is 0 Å². The van der Waals surface area contributed by atoms with Gasteiger partial charge in [-0.25, -0.2) is 4.79 Å². The molecule has 1 aromatic heterocycles. The van der Waals surface area contributed by atoms with Crippen molar-refractivity contribution in [1.82, 2.24) is 9.97 Å². The number of nitrogens with one attached hydrogen (secondary N) is 2. The summed E-state index contributed by atoms with van der Waals surface area (Å²) in [6, 6.07) is 0. The summed E-state index contributed by atoms with van der Waals surface area (Å²) < 4.78 is 12.0. The number of aromatic nitrogens is 2. The van der Waals surface area contributed by atoms with Crippen molar-refractivity contribution >= 4 is 0 Å². The maximum Gasteiger partial charge on any atom is 0.325 e. The van der Waals surface area contributed by atoms with Crippen molar-refractivity contribution in [2.24, 2.45) is 0 Å². The van der Waals surface area contributed by atoms with Gasteiger partial charge in [0.1, 0.15) is 0 Å². The average molecular weight is 325 g/mol. The van der Waals surface area contributed by atoms with Crippen LogP contribution in [0.5, 0.6) is 0 Å². The Balaban J connectivity index is 0.000000810. The van der Waals surface area contributed by atoms with Crippen molar-refractivity contribution in [3.63, 3.8) is 0 Å². The largest absolute Gasteiger partial charge is 0.325 e. The van der Waals surface area contributed by atoms with E-state index in [1.807, 2.05) is 4.98 Å². The van der Waals surface area contributed by atoms with Crippen molar-refractivity contribution in [2.75, 3.05) is 0 Å². The molecule has 0 aliphatic carbocycles. The summed E-state index contributed by atoms with van der Waals surface area (Å²) in [7, 11) is 0. The summed E-state index contributed by atoms with van der Waals surface area (Å²) in [6.07, 6.45) is 0.709. The molecule has 1 rings (SSSR count). The molecule has 0 atom stereocenters. The molecular weight excluding hydrogens is 322 g/mol. The Hall–Kier alpha value is -0.702. The van der Waals surface area contributed by atoms with E-state index in [0.29, 0.717) is 6.20 Å². The normalized spacial score (nSPS) is 8.50. The molecule has 1 heterocycles. The van der Waals surface area contributed by atoms with Crippen LogP contribution in [0.1, 0.15) is 0 Å². The molecular formula is C4H3FN2O2Pt. The number of rotatable bonds is 0. The predicted molar refractivity (Wildman–Crippen MR) is 27.6 cm³/mol. The van der Waals surface area contributed by atoms with Crippen LogP contribution in [-0.2, 0) is 21.1 Å². The first-order valence-corrected chi connectivity index (χ1v) is 2.17. The van der Waals surface area contributed by atoms with Crippen molar-refractivity contribution in [3.05, 3.63) is 32.9 Å². The molecule has 0 aliphatic rings. The third-order valence-corrected chi connectivity index (χ3v) is 0.774. The molecule has 0 unspecified atom stereocenters. The Morgan fingerprint density at radius 2 is 2.00 bits per heavy atom. The first kappa shape index (κ1) is 9.30. The molecule has 2 N–H and O–H groups in total. The van der Waals surface area contributed by atoms with E-state index in [1.165, 1.54) is 0 Å². The van der Waals surface area contributed by atoms with E-state index < -0.39 is 17.1 Å². The van der Waals surface area contributed by atoms with Gasteiger partial charge in [-0.1, -0.05) is 0 Å². The molecule has 10 heavy (non-hydrogen) atoms. The topological polar surface area (TPSA) is 65.7 Å². The predicted octanol–water partition coefficient (Wildman–Crippen LogP) is -0.800. The van der Waals surface area contributed by atoms with Crippen LogP contribution in [0.15, 0.2) is 15.8 Å². The minimum atomic E-state index is -1.00. The summed E-state index contributed by atoms with van der Waals surface area (Å²) >= 11 is 0. The van der Waals surface area contributed by atoms with E-state index in [4.69, 9.17) is 0 Å². The molecule has 0 saturated heterocycles. The standard InChI is InChI=1S/C4H3FN2O2.Pt/c5-2-1-6-4(9)7-3(2)8;/h1H,(H2,6,7,8,9);. The van der Waals surface area contributed by atoms with Crippen molar-refractivity contribution in [1.29, 1.82) is 0 Å². The Labute approximate surface area is 68.7 Å². The number of halogens is 1. The Morgan fingerprint density at radius 1 is 1.40 bits per heavy atom. The fraction of sp³-hybridized carbons (Fsp3) is 0. The quantitative estimate of drug-likeness (QED) is 0.656. The van der Waals surface area contributed by atoms with Crippen LogP contribution in [0.2, 0.25) is 0 Å². The van der Waals surface area contributed by atoms with Gasteiger partial charge in [0, 0.05) is 27.3 Å². The van der Waals surface area contributed by atoms with E-state index in [0.717, 1.165) is 0 Å². The molecule has 0 aliphatic heterocycles. The van der Waals surface area contributed by atoms with Gasteiger partial charge in [0.05, 0.1) is 0 Å². The molecule has 4 nitrogen and oxygen atoms in total. The van der Waals surface area contributed by atoms with Crippen LogP contribution < -0.4 is 11.2 Å². The number of aromatic amines is 2. The molecule has 0 bridgehead atoms. The van der Waals surface area contributed by atoms with Crippen LogP contribution in [0.25, 0.3) is 0 Å². The van der Waals surface area contributed by atoms with Gasteiger partial charge >= 0.3 is 5.69 Å². The zero-order valence-electron chi connectivity index (χ0n) is 4.59. The minimum absolute atomic E-state index is 0. The van der Waals surface area contributed by atoms with Gasteiger partial charge in [0.2, 0.25) is 5.82 Å². The smallest absolute Gasteiger partial charge is 0.311 e. The van der Waals surface area contributed by atoms with Gasteiger partial charge < -0.3 is 4.98 Å². The van der Waals surface area contributed by atoms with Crippen molar-refractivity contribution in [2.45, 2.75) is 0 Å². The number of hydrogen-bond acceptors (Lipinski definition) is 2. The Kier molecular flexibility index (Phi) is 3.22. The second-order valence-electron chi connectivity index (χ2n) is 1.42. The third kappa shape index (κ3) is 1.91. The fourth-order valence-corrected chi connectivity index (χ4v) is 0.393. The molecule has 0 aromatic carbocycles. The first-order chi connectivity index (χ1) is 4.20. The Morgan fingerprint density at radius 3 is 2.40 bits per heavy atom. The molecule has 0 radical (unpaired) electrons. The average Bonchev–Trinajstić information content (AvgIpc) is 1.80. The molecule has 0 fully saturated rings. The van der Waals surface area contributed by atoms with E-state index >= 15 is 0 Å². The second-order valence-corrected chi connectivity index (χ2v) is 1.42. The number of H-pyrrole nitrogens is 2. The molecule has 1 aromatic rings. The van der Waals surface area contributed by atoms with Gasteiger partial charge in [-0.3, -0.25) is 9.78 Å². The SMILES string of the molecule is O=c1[nH]cc(F)c(=O)[nH]1.[Pt]. The van der Waals surface area contributed by atoms with Gasteiger partial charge in [-0.2, -0.15) is 4.39 Å². The minimum Gasteiger partial charge on any atom is -0.311 e. The Bertz CT molecular complexity index is 318.